The third-order valence-electron chi connectivity index (χ3n) is 7.39. The maximum absolute atomic E-state index is 4.00. The summed E-state index contributed by atoms with van der Waals surface area (Å²) in [6.07, 6.45) is 0. The highest BCUT2D eigenvalue weighted by atomic mass is 79.9. The first-order chi connectivity index (χ1) is 14.2. The second-order valence-electron chi connectivity index (χ2n) is 9.65. The molecule has 30 heavy (non-hydrogen) atoms. The van der Waals surface area contributed by atoms with Crippen molar-refractivity contribution in [3.05, 3.63) is 91.9 Å². The molecule has 0 spiro atoms. The van der Waals surface area contributed by atoms with Gasteiger partial charge in [0.2, 0.25) is 0 Å². The van der Waals surface area contributed by atoms with Crippen molar-refractivity contribution >= 4 is 42.6 Å². The smallest absolute Gasteiger partial charge is 0.0264 e. The number of hydrogen-bond acceptors (Lipinski definition) is 0. The fourth-order valence-corrected chi connectivity index (χ4v) is 7.12. The highest BCUT2D eigenvalue weighted by molar-refractivity contribution is 9.11. The Kier molecular flexibility index (Phi) is 3.68. The summed E-state index contributed by atoms with van der Waals surface area (Å²) in [5, 5.41) is 2.65. The quantitative estimate of drug-likeness (QED) is 0.218. The summed E-state index contributed by atoms with van der Waals surface area (Å²) in [6.45, 7) is 9.37. The minimum absolute atomic E-state index is 0.0156. The molecule has 0 aromatic heterocycles. The van der Waals surface area contributed by atoms with Gasteiger partial charge in [0.25, 0.3) is 0 Å². The SMILES string of the molecule is CC1(C)c2ccccc2-c2c1cc(Br)c1c3c(cc(Br)c21)C(C)(C)c1ccccc1-3. The Labute approximate surface area is 194 Å². The number of halogens is 2. The molecule has 0 saturated heterocycles. The molecule has 2 aliphatic rings. The summed E-state index contributed by atoms with van der Waals surface area (Å²) in [4.78, 5) is 0. The van der Waals surface area contributed by atoms with Crippen LogP contribution in [0.5, 0.6) is 0 Å². The van der Waals surface area contributed by atoms with E-state index >= 15 is 0 Å². The highest BCUT2D eigenvalue weighted by Crippen LogP contribution is 2.59. The van der Waals surface area contributed by atoms with Gasteiger partial charge in [-0.1, -0.05) is 108 Å². The van der Waals surface area contributed by atoms with Gasteiger partial charge in [-0.15, -0.1) is 0 Å². The van der Waals surface area contributed by atoms with E-state index in [1.165, 1.54) is 64.2 Å². The number of hydrogen-bond donors (Lipinski definition) is 0. The molecule has 0 nitrogen and oxygen atoms in total. The van der Waals surface area contributed by atoms with Crippen molar-refractivity contribution in [1.29, 1.82) is 0 Å². The molecule has 2 aliphatic carbocycles. The lowest BCUT2D eigenvalue weighted by atomic mass is 9.80. The first-order valence-electron chi connectivity index (χ1n) is 10.4. The monoisotopic (exact) mass is 516 g/mol. The highest BCUT2D eigenvalue weighted by Gasteiger charge is 2.41. The molecule has 0 fully saturated rings. The molecule has 0 bridgehead atoms. The molecule has 0 radical (unpaired) electrons. The van der Waals surface area contributed by atoms with Crippen molar-refractivity contribution in [2.75, 3.05) is 0 Å². The van der Waals surface area contributed by atoms with Crippen molar-refractivity contribution in [1.82, 2.24) is 0 Å². The molecule has 0 unspecified atom stereocenters. The fraction of sp³-hybridized carbons (Fsp3) is 0.214. The second kappa shape index (κ2) is 5.87. The largest absolute Gasteiger partial charge is 0.0619 e. The molecular formula is C28H22Br2. The van der Waals surface area contributed by atoms with E-state index in [2.05, 4.69) is 120 Å². The molecule has 2 heteroatoms. The van der Waals surface area contributed by atoms with Crippen LogP contribution < -0.4 is 0 Å². The average molecular weight is 518 g/mol. The van der Waals surface area contributed by atoms with Crippen LogP contribution >= 0.6 is 31.9 Å². The lowest BCUT2D eigenvalue weighted by Gasteiger charge is -2.24. The van der Waals surface area contributed by atoms with Gasteiger partial charge in [-0.05, 0) is 56.6 Å². The Bertz CT molecular complexity index is 1300. The summed E-state index contributed by atoms with van der Waals surface area (Å²) >= 11 is 8.01. The van der Waals surface area contributed by atoms with Gasteiger partial charge < -0.3 is 0 Å². The first-order valence-corrected chi connectivity index (χ1v) is 12.0. The van der Waals surface area contributed by atoms with Gasteiger partial charge in [-0.2, -0.15) is 0 Å². The van der Waals surface area contributed by atoms with Crippen LogP contribution in [0.1, 0.15) is 49.9 Å². The van der Waals surface area contributed by atoms with Gasteiger partial charge in [-0.25, -0.2) is 0 Å². The lowest BCUT2D eigenvalue weighted by molar-refractivity contribution is 0.659. The van der Waals surface area contributed by atoms with Gasteiger partial charge in [-0.3, -0.25) is 0 Å². The Morgan fingerprint density at radius 2 is 0.900 bits per heavy atom. The molecule has 0 saturated carbocycles. The standard InChI is InChI=1S/C28H22Br2/c1-27(2)17-11-7-5-9-15(17)23-19(27)13-21(29)26-24-16-10-6-8-12-18(16)28(3,4)20(24)14-22(30)25(23)26/h5-14H,1-4H3. The molecule has 0 aliphatic heterocycles. The molecule has 0 atom stereocenters. The van der Waals surface area contributed by atoms with E-state index in [-0.39, 0.29) is 10.8 Å². The van der Waals surface area contributed by atoms with Crippen molar-refractivity contribution < 1.29 is 0 Å². The minimum Gasteiger partial charge on any atom is -0.0619 e. The predicted molar refractivity (Wildman–Crippen MR) is 134 cm³/mol. The third kappa shape index (κ3) is 2.12. The normalized spacial score (nSPS) is 16.9. The Morgan fingerprint density at radius 3 is 1.30 bits per heavy atom. The van der Waals surface area contributed by atoms with Gasteiger partial charge >= 0.3 is 0 Å². The van der Waals surface area contributed by atoms with E-state index in [9.17, 15) is 0 Å². The zero-order chi connectivity index (χ0) is 21.0. The molecule has 4 aromatic rings. The van der Waals surface area contributed by atoms with Gasteiger partial charge in [0, 0.05) is 30.5 Å². The van der Waals surface area contributed by atoms with Crippen LogP contribution in [0.2, 0.25) is 0 Å². The van der Waals surface area contributed by atoms with Crippen molar-refractivity contribution in [3.8, 4) is 22.3 Å². The molecule has 6 rings (SSSR count). The summed E-state index contributed by atoms with van der Waals surface area (Å²) in [5.74, 6) is 0. The first kappa shape index (κ1) is 18.8. The van der Waals surface area contributed by atoms with Crippen LogP contribution in [0.3, 0.4) is 0 Å². The van der Waals surface area contributed by atoms with Crippen molar-refractivity contribution in [3.63, 3.8) is 0 Å². The summed E-state index contributed by atoms with van der Waals surface area (Å²) in [6, 6.07) is 22.5. The van der Waals surface area contributed by atoms with E-state index in [0.717, 1.165) is 0 Å². The van der Waals surface area contributed by atoms with Gasteiger partial charge in [0.1, 0.15) is 0 Å². The van der Waals surface area contributed by atoms with Crippen LogP contribution in [0.25, 0.3) is 33.0 Å². The van der Waals surface area contributed by atoms with Crippen molar-refractivity contribution in [2.45, 2.75) is 38.5 Å². The molecule has 0 amide bonds. The van der Waals surface area contributed by atoms with E-state index < -0.39 is 0 Å². The van der Waals surface area contributed by atoms with Crippen LogP contribution in [-0.2, 0) is 10.8 Å². The zero-order valence-corrected chi connectivity index (χ0v) is 20.7. The zero-order valence-electron chi connectivity index (χ0n) is 17.5. The van der Waals surface area contributed by atoms with Crippen LogP contribution in [-0.4, -0.2) is 0 Å². The second-order valence-corrected chi connectivity index (χ2v) is 11.4. The number of rotatable bonds is 0. The lowest BCUT2D eigenvalue weighted by Crippen LogP contribution is -2.15. The maximum Gasteiger partial charge on any atom is 0.0264 e. The molecule has 0 heterocycles. The molecule has 0 N–H and O–H groups in total. The molecular weight excluding hydrogens is 496 g/mol. The van der Waals surface area contributed by atoms with Crippen LogP contribution in [0.4, 0.5) is 0 Å². The Hall–Kier alpha value is -1.90. The Balaban J connectivity index is 1.86. The number of benzene rings is 4. The summed E-state index contributed by atoms with van der Waals surface area (Å²) < 4.78 is 2.37. The third-order valence-corrected chi connectivity index (χ3v) is 8.65. The maximum atomic E-state index is 4.00. The van der Waals surface area contributed by atoms with Crippen LogP contribution in [0, 0.1) is 0 Å². The van der Waals surface area contributed by atoms with Gasteiger partial charge in [0.15, 0.2) is 0 Å². The topological polar surface area (TPSA) is 0 Å². The minimum atomic E-state index is -0.0156. The molecule has 4 aromatic carbocycles. The van der Waals surface area contributed by atoms with Gasteiger partial charge in [0.05, 0.1) is 0 Å². The fourth-order valence-electron chi connectivity index (χ4n) is 5.87. The summed E-state index contributed by atoms with van der Waals surface area (Å²) in [5.41, 5.74) is 11.1. The van der Waals surface area contributed by atoms with E-state index in [4.69, 9.17) is 0 Å². The predicted octanol–water partition coefficient (Wildman–Crippen LogP) is 8.98. The van der Waals surface area contributed by atoms with Crippen molar-refractivity contribution in [2.24, 2.45) is 0 Å². The number of fused-ring (bicyclic) bond motifs is 9. The van der Waals surface area contributed by atoms with E-state index in [1.54, 1.807) is 0 Å². The summed E-state index contributed by atoms with van der Waals surface area (Å²) in [7, 11) is 0. The van der Waals surface area contributed by atoms with E-state index in [0.29, 0.717) is 0 Å². The van der Waals surface area contributed by atoms with Crippen LogP contribution in [0.15, 0.2) is 69.6 Å². The van der Waals surface area contributed by atoms with E-state index in [1.807, 2.05) is 0 Å². The average Bonchev–Trinajstić information content (AvgIpc) is 3.08. The Morgan fingerprint density at radius 1 is 0.533 bits per heavy atom. The molecule has 148 valence electrons.